The van der Waals surface area contributed by atoms with Gasteiger partial charge in [-0.15, -0.1) is 0 Å². The number of carbonyl (C=O) groups excluding carboxylic acids is 2. The van der Waals surface area contributed by atoms with E-state index < -0.39 is 24.3 Å². The van der Waals surface area contributed by atoms with Crippen LogP contribution in [0.15, 0.2) is 36.4 Å². The van der Waals surface area contributed by atoms with Gasteiger partial charge in [0, 0.05) is 5.69 Å². The fraction of sp³-hybridized carbons (Fsp3) is 0.222. The molecule has 0 saturated heterocycles. The van der Waals surface area contributed by atoms with E-state index in [1.807, 2.05) is 0 Å². The number of esters is 1. The van der Waals surface area contributed by atoms with Gasteiger partial charge in [-0.1, -0.05) is 6.07 Å². The lowest BCUT2D eigenvalue weighted by molar-refractivity contribution is -0.119. The summed E-state index contributed by atoms with van der Waals surface area (Å²) in [5, 5.41) is 2.47. The number of hydrogen-bond donors (Lipinski definition) is 1. The first-order valence-electron chi connectivity index (χ1n) is 7.28. The molecule has 0 aromatic heterocycles. The highest BCUT2D eigenvalue weighted by Gasteiger charge is 2.13. The quantitative estimate of drug-likeness (QED) is 0.854. The average molecular weight is 331 g/mol. The molecule has 2 aromatic rings. The molecule has 1 N–H and O–H groups in total. The van der Waals surface area contributed by atoms with Gasteiger partial charge in [-0.05, 0) is 55.3 Å². The molecule has 1 amide bonds. The molecule has 0 radical (unpaired) electrons. The molecule has 0 atom stereocenters. The summed E-state index contributed by atoms with van der Waals surface area (Å²) in [7, 11) is 1.53. The van der Waals surface area contributed by atoms with E-state index >= 15 is 0 Å². The number of carbonyl (C=O) groups is 2. The van der Waals surface area contributed by atoms with Crippen LogP contribution < -0.4 is 10.1 Å². The summed E-state index contributed by atoms with van der Waals surface area (Å²) in [4.78, 5) is 23.8. The molecule has 0 spiro atoms. The monoisotopic (exact) mass is 331 g/mol. The van der Waals surface area contributed by atoms with Crippen molar-refractivity contribution in [3.8, 4) is 5.75 Å². The summed E-state index contributed by atoms with van der Waals surface area (Å²) in [5.74, 6) is -0.944. The van der Waals surface area contributed by atoms with Crippen LogP contribution in [0.3, 0.4) is 0 Å². The number of benzene rings is 2. The molecule has 0 aliphatic carbocycles. The Bertz CT molecular complexity index is 774. The van der Waals surface area contributed by atoms with Crippen LogP contribution in [-0.2, 0) is 9.53 Å². The summed E-state index contributed by atoms with van der Waals surface area (Å²) >= 11 is 0. The SMILES string of the molecule is COc1ccc(C(=O)OCC(=O)Nc2ccc(C)c(F)c2)c(C)c1. The van der Waals surface area contributed by atoms with Crippen molar-refractivity contribution in [2.24, 2.45) is 0 Å². The number of amides is 1. The minimum absolute atomic E-state index is 0.305. The highest BCUT2D eigenvalue weighted by Crippen LogP contribution is 2.18. The third-order valence-electron chi connectivity index (χ3n) is 3.44. The maximum Gasteiger partial charge on any atom is 0.338 e. The van der Waals surface area contributed by atoms with Crippen LogP contribution in [0.2, 0.25) is 0 Å². The van der Waals surface area contributed by atoms with Crippen LogP contribution >= 0.6 is 0 Å². The van der Waals surface area contributed by atoms with Crippen LogP contribution in [0.1, 0.15) is 21.5 Å². The van der Waals surface area contributed by atoms with E-state index in [-0.39, 0.29) is 0 Å². The molecule has 0 aliphatic heterocycles. The molecule has 0 unspecified atom stereocenters. The molecule has 24 heavy (non-hydrogen) atoms. The van der Waals surface area contributed by atoms with Gasteiger partial charge in [0.15, 0.2) is 6.61 Å². The van der Waals surface area contributed by atoms with E-state index in [0.717, 1.165) is 0 Å². The smallest absolute Gasteiger partial charge is 0.338 e. The van der Waals surface area contributed by atoms with Crippen molar-refractivity contribution in [1.82, 2.24) is 0 Å². The van der Waals surface area contributed by atoms with Gasteiger partial charge in [-0.2, -0.15) is 0 Å². The molecule has 0 bridgehead atoms. The first kappa shape index (κ1) is 17.5. The highest BCUT2D eigenvalue weighted by atomic mass is 19.1. The first-order valence-corrected chi connectivity index (χ1v) is 7.28. The van der Waals surface area contributed by atoms with Crippen molar-refractivity contribution in [2.75, 3.05) is 19.0 Å². The number of ether oxygens (including phenoxy) is 2. The molecular formula is C18H18FNO4. The molecule has 2 aromatic carbocycles. The number of methoxy groups -OCH3 is 1. The Labute approximate surface area is 139 Å². The van der Waals surface area contributed by atoms with Gasteiger partial charge in [0.2, 0.25) is 0 Å². The normalized spacial score (nSPS) is 10.2. The molecule has 0 saturated carbocycles. The predicted molar refractivity (Wildman–Crippen MR) is 87.8 cm³/mol. The van der Waals surface area contributed by atoms with Crippen molar-refractivity contribution in [2.45, 2.75) is 13.8 Å². The molecule has 0 heterocycles. The standard InChI is InChI=1S/C18H18FNO4/c1-11-4-5-13(9-16(11)19)20-17(21)10-24-18(22)15-7-6-14(23-3)8-12(15)2/h4-9H,10H2,1-3H3,(H,20,21). The zero-order valence-electron chi connectivity index (χ0n) is 13.7. The molecule has 0 aliphatic rings. The average Bonchev–Trinajstić information content (AvgIpc) is 2.56. The molecule has 0 fully saturated rings. The van der Waals surface area contributed by atoms with Crippen LogP contribution in [-0.4, -0.2) is 25.6 Å². The van der Waals surface area contributed by atoms with Crippen molar-refractivity contribution in [3.05, 3.63) is 58.9 Å². The molecule has 126 valence electrons. The van der Waals surface area contributed by atoms with E-state index in [2.05, 4.69) is 5.32 Å². The highest BCUT2D eigenvalue weighted by molar-refractivity contribution is 5.96. The van der Waals surface area contributed by atoms with Crippen molar-refractivity contribution < 1.29 is 23.5 Å². The maximum atomic E-state index is 13.4. The number of aryl methyl sites for hydroxylation is 2. The third kappa shape index (κ3) is 4.32. The topological polar surface area (TPSA) is 64.6 Å². The van der Waals surface area contributed by atoms with Crippen LogP contribution in [0.4, 0.5) is 10.1 Å². The van der Waals surface area contributed by atoms with Gasteiger partial charge >= 0.3 is 5.97 Å². The van der Waals surface area contributed by atoms with Crippen molar-refractivity contribution >= 4 is 17.6 Å². The molecule has 6 heteroatoms. The Morgan fingerprint density at radius 1 is 1.08 bits per heavy atom. The van der Waals surface area contributed by atoms with Crippen LogP contribution in [0, 0.1) is 19.7 Å². The largest absolute Gasteiger partial charge is 0.497 e. The van der Waals surface area contributed by atoms with Gasteiger partial charge in [0.25, 0.3) is 5.91 Å². The Kier molecular flexibility index (Phi) is 5.52. The number of nitrogens with one attached hydrogen (secondary N) is 1. The lowest BCUT2D eigenvalue weighted by Gasteiger charge is -2.09. The summed E-state index contributed by atoms with van der Waals surface area (Å²) in [6.07, 6.45) is 0. The fourth-order valence-electron chi connectivity index (χ4n) is 2.07. The van der Waals surface area contributed by atoms with E-state index in [1.165, 1.54) is 13.2 Å². The number of anilines is 1. The minimum Gasteiger partial charge on any atom is -0.497 e. The first-order chi connectivity index (χ1) is 11.4. The Morgan fingerprint density at radius 2 is 1.83 bits per heavy atom. The second kappa shape index (κ2) is 7.59. The Hall–Kier alpha value is -2.89. The Balaban J connectivity index is 1.93. The lowest BCUT2D eigenvalue weighted by atomic mass is 10.1. The summed E-state index contributed by atoms with van der Waals surface area (Å²) < 4.78 is 23.5. The van der Waals surface area contributed by atoms with Gasteiger partial charge in [-0.3, -0.25) is 4.79 Å². The van der Waals surface area contributed by atoms with Crippen molar-refractivity contribution in [1.29, 1.82) is 0 Å². The number of halogens is 1. The molecule has 2 rings (SSSR count). The van der Waals surface area contributed by atoms with Gasteiger partial charge in [0.05, 0.1) is 12.7 Å². The predicted octanol–water partition coefficient (Wildman–Crippen LogP) is 3.25. The number of rotatable bonds is 5. The van der Waals surface area contributed by atoms with Gasteiger partial charge in [0.1, 0.15) is 11.6 Å². The van der Waals surface area contributed by atoms with Crippen LogP contribution in [0.5, 0.6) is 5.75 Å². The minimum atomic E-state index is -0.611. The van der Waals surface area contributed by atoms with E-state index in [4.69, 9.17) is 9.47 Å². The second-order valence-corrected chi connectivity index (χ2v) is 5.27. The van der Waals surface area contributed by atoms with Gasteiger partial charge < -0.3 is 14.8 Å². The van der Waals surface area contributed by atoms with E-state index in [0.29, 0.717) is 28.1 Å². The lowest BCUT2D eigenvalue weighted by Crippen LogP contribution is -2.21. The number of hydrogen-bond acceptors (Lipinski definition) is 4. The molecule has 5 nitrogen and oxygen atoms in total. The van der Waals surface area contributed by atoms with E-state index in [9.17, 15) is 14.0 Å². The fourth-order valence-corrected chi connectivity index (χ4v) is 2.07. The summed E-state index contributed by atoms with van der Waals surface area (Å²) in [6, 6.07) is 9.25. The van der Waals surface area contributed by atoms with Crippen molar-refractivity contribution in [3.63, 3.8) is 0 Å². The van der Waals surface area contributed by atoms with Crippen LogP contribution in [0.25, 0.3) is 0 Å². The Morgan fingerprint density at radius 3 is 2.46 bits per heavy atom. The zero-order chi connectivity index (χ0) is 17.7. The summed E-state index contributed by atoms with van der Waals surface area (Å²) in [6.45, 7) is 2.91. The third-order valence-corrected chi connectivity index (χ3v) is 3.44. The summed E-state index contributed by atoms with van der Waals surface area (Å²) in [5.41, 5.74) is 1.82. The van der Waals surface area contributed by atoms with E-state index in [1.54, 1.807) is 44.2 Å². The zero-order valence-corrected chi connectivity index (χ0v) is 13.7. The maximum absolute atomic E-state index is 13.4. The van der Waals surface area contributed by atoms with Gasteiger partial charge in [-0.25, -0.2) is 9.18 Å². The molecular weight excluding hydrogens is 313 g/mol. The second-order valence-electron chi connectivity index (χ2n) is 5.27.